The molecule has 1 unspecified atom stereocenters. The van der Waals surface area contributed by atoms with Crippen molar-refractivity contribution in [1.82, 2.24) is 4.72 Å². The molecule has 0 fully saturated rings. The molecule has 0 radical (unpaired) electrons. The average Bonchev–Trinajstić information content (AvgIpc) is 2.84. The summed E-state index contributed by atoms with van der Waals surface area (Å²) >= 11 is 0. The zero-order chi connectivity index (χ0) is 18.2. The number of rotatable bonds is 5. The molecule has 0 saturated heterocycles. The Bertz CT molecular complexity index is 939. The predicted octanol–water partition coefficient (Wildman–Crippen LogP) is 2.12. The molecule has 1 aliphatic rings. The van der Waals surface area contributed by atoms with E-state index in [1.54, 1.807) is 6.07 Å². The maximum absolute atomic E-state index is 12.0. The summed E-state index contributed by atoms with van der Waals surface area (Å²) in [5, 5.41) is 30.3. The van der Waals surface area contributed by atoms with Crippen molar-refractivity contribution in [2.45, 2.75) is 19.8 Å². The standard InChI is InChI=1S/C17H20N2O5S/c1-11(10-20)2-3-12-4-5-13-8-16(21)15(7-14(13)6-12)19-9-17(22)18-25(19,23)24/h4-9,11,18,20-22H,2-3,10H2,1H3. The maximum atomic E-state index is 12.0. The van der Waals surface area contributed by atoms with E-state index in [4.69, 9.17) is 5.11 Å². The molecule has 0 bridgehead atoms. The van der Waals surface area contributed by atoms with Crippen molar-refractivity contribution >= 4 is 26.7 Å². The minimum Gasteiger partial charge on any atom is -0.506 e. The van der Waals surface area contributed by atoms with Crippen molar-refractivity contribution in [2.75, 3.05) is 10.9 Å². The van der Waals surface area contributed by atoms with Gasteiger partial charge in [-0.1, -0.05) is 25.1 Å². The highest BCUT2D eigenvalue weighted by molar-refractivity contribution is 7.91. The Morgan fingerprint density at radius 2 is 1.92 bits per heavy atom. The number of aromatic hydroxyl groups is 1. The molecular formula is C17H20N2O5S. The Kier molecular flexibility index (Phi) is 4.49. The second-order valence-electron chi connectivity index (χ2n) is 6.27. The van der Waals surface area contributed by atoms with Gasteiger partial charge >= 0.3 is 10.2 Å². The van der Waals surface area contributed by atoms with Gasteiger partial charge in [-0.25, -0.2) is 9.03 Å². The first kappa shape index (κ1) is 17.4. The van der Waals surface area contributed by atoms with Crippen LogP contribution >= 0.6 is 0 Å². The van der Waals surface area contributed by atoms with Crippen LogP contribution in [0.5, 0.6) is 5.75 Å². The largest absolute Gasteiger partial charge is 0.506 e. The van der Waals surface area contributed by atoms with Crippen LogP contribution in [0, 0.1) is 5.92 Å². The monoisotopic (exact) mass is 364 g/mol. The van der Waals surface area contributed by atoms with Crippen LogP contribution in [-0.4, -0.2) is 30.3 Å². The molecule has 1 aliphatic heterocycles. The molecule has 4 N–H and O–H groups in total. The lowest BCUT2D eigenvalue weighted by molar-refractivity contribution is 0.230. The maximum Gasteiger partial charge on any atom is 0.330 e. The Balaban J connectivity index is 1.99. The van der Waals surface area contributed by atoms with Crippen molar-refractivity contribution in [3.63, 3.8) is 0 Å². The number of benzene rings is 2. The quantitative estimate of drug-likeness (QED) is 0.650. The molecule has 0 amide bonds. The van der Waals surface area contributed by atoms with E-state index in [9.17, 15) is 18.6 Å². The molecule has 0 aromatic heterocycles. The van der Waals surface area contributed by atoms with Crippen molar-refractivity contribution in [3.8, 4) is 5.75 Å². The lowest BCUT2D eigenvalue weighted by atomic mass is 9.99. The highest BCUT2D eigenvalue weighted by Gasteiger charge is 2.30. The van der Waals surface area contributed by atoms with Gasteiger partial charge in [-0.05, 0) is 47.2 Å². The number of fused-ring (bicyclic) bond motifs is 1. The second kappa shape index (κ2) is 6.45. The normalized spacial score (nSPS) is 17.4. The van der Waals surface area contributed by atoms with E-state index in [0.29, 0.717) is 0 Å². The minimum absolute atomic E-state index is 0.0601. The Hall–Kier alpha value is -2.45. The average molecular weight is 364 g/mol. The lowest BCUT2D eigenvalue weighted by Crippen LogP contribution is -2.29. The van der Waals surface area contributed by atoms with Crippen LogP contribution < -0.4 is 9.03 Å². The summed E-state index contributed by atoms with van der Waals surface area (Å²) in [5.41, 5.74) is 1.12. The SMILES string of the molecule is CC(CO)CCc1ccc2cc(O)c(N3C=C(O)NS3(=O)=O)cc2c1. The molecule has 0 spiro atoms. The number of aliphatic hydroxyl groups is 2. The van der Waals surface area contributed by atoms with Crippen LogP contribution in [0.4, 0.5) is 5.69 Å². The van der Waals surface area contributed by atoms with Gasteiger partial charge in [0, 0.05) is 6.61 Å². The number of hydrogen-bond donors (Lipinski definition) is 4. The number of nitrogens with one attached hydrogen (secondary N) is 1. The summed E-state index contributed by atoms with van der Waals surface area (Å²) in [6, 6.07) is 8.80. The van der Waals surface area contributed by atoms with Gasteiger partial charge in [-0.15, -0.1) is 0 Å². The number of nitrogens with zero attached hydrogens (tertiary/aromatic N) is 1. The molecule has 8 heteroatoms. The first-order valence-electron chi connectivity index (χ1n) is 7.89. The summed E-state index contributed by atoms with van der Waals surface area (Å²) < 4.78 is 26.8. The fourth-order valence-electron chi connectivity index (χ4n) is 2.75. The third-order valence-electron chi connectivity index (χ3n) is 4.21. The van der Waals surface area contributed by atoms with Crippen LogP contribution in [0.25, 0.3) is 10.8 Å². The molecule has 7 nitrogen and oxygen atoms in total. The molecule has 25 heavy (non-hydrogen) atoms. The van der Waals surface area contributed by atoms with Crippen molar-refractivity contribution < 1.29 is 23.7 Å². The van der Waals surface area contributed by atoms with Gasteiger partial charge in [0.2, 0.25) is 5.88 Å². The highest BCUT2D eigenvalue weighted by atomic mass is 32.2. The van der Waals surface area contributed by atoms with Crippen molar-refractivity contribution in [1.29, 1.82) is 0 Å². The number of hydrogen-bond acceptors (Lipinski definition) is 5. The Labute approximate surface area is 146 Å². The van der Waals surface area contributed by atoms with Crippen LogP contribution in [-0.2, 0) is 16.6 Å². The van der Waals surface area contributed by atoms with Gasteiger partial charge in [0.1, 0.15) is 11.4 Å². The number of phenolic OH excluding ortho intramolecular Hbond substituents is 1. The van der Waals surface area contributed by atoms with Crippen molar-refractivity contribution in [2.24, 2.45) is 5.92 Å². The third kappa shape index (κ3) is 3.49. The van der Waals surface area contributed by atoms with E-state index in [1.165, 1.54) is 6.07 Å². The molecule has 3 rings (SSSR count). The van der Waals surface area contributed by atoms with Gasteiger partial charge in [-0.2, -0.15) is 8.42 Å². The van der Waals surface area contributed by atoms with Gasteiger partial charge in [0.15, 0.2) is 0 Å². The number of aryl methyl sites for hydroxylation is 1. The van der Waals surface area contributed by atoms with E-state index in [0.717, 1.165) is 39.7 Å². The van der Waals surface area contributed by atoms with Gasteiger partial charge in [-0.3, -0.25) is 0 Å². The molecule has 1 heterocycles. The van der Waals surface area contributed by atoms with Gasteiger partial charge in [0.25, 0.3) is 0 Å². The second-order valence-corrected chi connectivity index (χ2v) is 7.81. The van der Waals surface area contributed by atoms with Crippen LogP contribution in [0.1, 0.15) is 18.9 Å². The summed E-state index contributed by atoms with van der Waals surface area (Å²) in [7, 11) is -3.96. The van der Waals surface area contributed by atoms with Crippen LogP contribution in [0.3, 0.4) is 0 Å². The summed E-state index contributed by atoms with van der Waals surface area (Å²) in [6.45, 7) is 2.11. The Morgan fingerprint density at radius 3 is 2.56 bits per heavy atom. The molecule has 1 atom stereocenters. The fourth-order valence-corrected chi connectivity index (χ4v) is 3.81. The topological polar surface area (TPSA) is 110 Å². The lowest BCUT2D eigenvalue weighted by Gasteiger charge is -2.16. The number of aliphatic hydroxyl groups excluding tert-OH is 2. The predicted molar refractivity (Wildman–Crippen MR) is 95.4 cm³/mol. The molecule has 0 saturated carbocycles. The summed E-state index contributed by atoms with van der Waals surface area (Å²) in [5.74, 6) is -0.503. The van der Waals surface area contributed by atoms with E-state index in [1.807, 2.05) is 29.8 Å². The van der Waals surface area contributed by atoms with Gasteiger partial charge < -0.3 is 15.3 Å². The van der Waals surface area contributed by atoms with E-state index in [2.05, 4.69) is 0 Å². The summed E-state index contributed by atoms with van der Waals surface area (Å²) in [4.78, 5) is 0. The van der Waals surface area contributed by atoms with E-state index >= 15 is 0 Å². The summed E-state index contributed by atoms with van der Waals surface area (Å²) in [6.07, 6.45) is 2.63. The highest BCUT2D eigenvalue weighted by Crippen LogP contribution is 2.36. The van der Waals surface area contributed by atoms with Crippen LogP contribution in [0.15, 0.2) is 42.4 Å². The number of anilines is 1. The van der Waals surface area contributed by atoms with Crippen molar-refractivity contribution in [3.05, 3.63) is 48.0 Å². The fraction of sp³-hybridized carbons (Fsp3) is 0.294. The Morgan fingerprint density at radius 1 is 1.16 bits per heavy atom. The first-order valence-corrected chi connectivity index (χ1v) is 9.33. The minimum atomic E-state index is -3.96. The molecule has 134 valence electrons. The molecule has 0 aliphatic carbocycles. The van der Waals surface area contributed by atoms with E-state index in [-0.39, 0.29) is 24.0 Å². The first-order chi connectivity index (χ1) is 11.8. The zero-order valence-electron chi connectivity index (χ0n) is 13.7. The van der Waals surface area contributed by atoms with Crippen LogP contribution in [0.2, 0.25) is 0 Å². The molecular weight excluding hydrogens is 344 g/mol. The molecule has 2 aromatic carbocycles. The van der Waals surface area contributed by atoms with Gasteiger partial charge in [0.05, 0.1) is 6.20 Å². The number of phenols is 1. The third-order valence-corrected chi connectivity index (χ3v) is 5.49. The van der Waals surface area contributed by atoms with E-state index < -0.39 is 16.1 Å². The zero-order valence-corrected chi connectivity index (χ0v) is 14.5. The smallest absolute Gasteiger partial charge is 0.330 e. The molecule has 2 aromatic rings.